The molecule has 7 nitrogen and oxygen atoms in total. The van der Waals surface area contributed by atoms with E-state index in [4.69, 9.17) is 9.47 Å². The van der Waals surface area contributed by atoms with Crippen LogP contribution in [0.5, 0.6) is 5.75 Å². The third kappa shape index (κ3) is 6.22. The number of para-hydroxylation sites is 1. The van der Waals surface area contributed by atoms with Crippen molar-refractivity contribution in [3.63, 3.8) is 0 Å². The van der Waals surface area contributed by atoms with Crippen LogP contribution in [0.1, 0.15) is 21.5 Å². The minimum absolute atomic E-state index is 0.152. The average Bonchev–Trinajstić information content (AvgIpc) is 3.33. The molecule has 39 heavy (non-hydrogen) atoms. The van der Waals surface area contributed by atoms with E-state index >= 15 is 0 Å². The number of hydrogen-bond acceptors (Lipinski definition) is 5. The number of hydrazone groups is 1. The molecule has 0 fully saturated rings. The van der Waals surface area contributed by atoms with Crippen LogP contribution in [0.3, 0.4) is 0 Å². The number of carbonyl (C=O) groups excluding carboxylic acids is 2. The second kappa shape index (κ2) is 11.9. The van der Waals surface area contributed by atoms with Crippen molar-refractivity contribution >= 4 is 29.0 Å². The minimum atomic E-state index is -0.369. The number of nitrogens with one attached hydrogen (secondary N) is 1. The van der Waals surface area contributed by atoms with Gasteiger partial charge in [0.05, 0.1) is 18.9 Å². The first-order chi connectivity index (χ1) is 19.1. The van der Waals surface area contributed by atoms with Crippen LogP contribution in [0.15, 0.2) is 114 Å². The van der Waals surface area contributed by atoms with Gasteiger partial charge in [-0.25, -0.2) is 10.2 Å². The van der Waals surface area contributed by atoms with Crippen molar-refractivity contribution < 1.29 is 19.1 Å². The van der Waals surface area contributed by atoms with Gasteiger partial charge >= 0.3 is 5.97 Å². The molecule has 4 aromatic carbocycles. The molecule has 0 aliphatic heterocycles. The number of amides is 1. The Kier molecular flexibility index (Phi) is 7.79. The number of methoxy groups -OCH3 is 1. The van der Waals surface area contributed by atoms with E-state index in [9.17, 15) is 9.59 Å². The van der Waals surface area contributed by atoms with Gasteiger partial charge in [0, 0.05) is 29.2 Å². The topological polar surface area (TPSA) is 81.9 Å². The molecule has 7 heteroatoms. The van der Waals surface area contributed by atoms with Gasteiger partial charge in [0.2, 0.25) is 0 Å². The highest BCUT2D eigenvalue weighted by atomic mass is 16.5. The van der Waals surface area contributed by atoms with E-state index in [0.717, 1.165) is 33.2 Å². The van der Waals surface area contributed by atoms with Crippen LogP contribution >= 0.6 is 0 Å². The van der Waals surface area contributed by atoms with Crippen LogP contribution in [0.4, 0.5) is 0 Å². The summed E-state index contributed by atoms with van der Waals surface area (Å²) in [5.41, 5.74) is 8.06. The Labute approximate surface area is 226 Å². The maximum atomic E-state index is 12.3. The standard InChI is InChI=1S/C32H27N3O4/c1-38-32(37)26-11-7-8-23(18-26)20-35-21-27(29-12-5-6-13-30(29)35)19-33-34-31(36)22-39-28-16-14-25(15-17-28)24-9-3-2-4-10-24/h2-19,21H,20,22H2,1H3,(H,34,36)/b33-19+. The zero-order valence-corrected chi connectivity index (χ0v) is 21.4. The summed E-state index contributed by atoms with van der Waals surface area (Å²) < 4.78 is 12.5. The summed E-state index contributed by atoms with van der Waals surface area (Å²) in [5, 5.41) is 5.14. The van der Waals surface area contributed by atoms with Crippen LogP contribution in [0, 0.1) is 0 Å². The Morgan fingerprint density at radius 2 is 1.62 bits per heavy atom. The molecule has 5 aromatic rings. The molecule has 0 aliphatic carbocycles. The third-order valence-electron chi connectivity index (χ3n) is 6.24. The molecule has 1 amide bonds. The highest BCUT2D eigenvalue weighted by Gasteiger charge is 2.10. The molecule has 1 aromatic heterocycles. The highest BCUT2D eigenvalue weighted by molar-refractivity contribution is 5.99. The molecule has 5 rings (SSSR count). The number of aromatic nitrogens is 1. The molecule has 1 N–H and O–H groups in total. The van der Waals surface area contributed by atoms with Crippen molar-refractivity contribution in [2.75, 3.05) is 13.7 Å². The maximum Gasteiger partial charge on any atom is 0.337 e. The Morgan fingerprint density at radius 3 is 2.41 bits per heavy atom. The smallest absolute Gasteiger partial charge is 0.337 e. The average molecular weight is 518 g/mol. The molecule has 0 spiro atoms. The number of nitrogens with zero attached hydrogens (tertiary/aromatic N) is 2. The Balaban J connectivity index is 1.21. The van der Waals surface area contributed by atoms with Crippen LogP contribution in [-0.2, 0) is 16.1 Å². The summed E-state index contributed by atoms with van der Waals surface area (Å²) in [6.45, 7) is 0.406. The summed E-state index contributed by atoms with van der Waals surface area (Å²) in [7, 11) is 1.37. The second-order valence-electron chi connectivity index (χ2n) is 8.89. The van der Waals surface area contributed by atoms with E-state index in [1.165, 1.54) is 7.11 Å². The number of rotatable bonds is 9. The largest absolute Gasteiger partial charge is 0.484 e. The van der Waals surface area contributed by atoms with Gasteiger partial charge in [0.1, 0.15) is 5.75 Å². The molecule has 0 atom stereocenters. The van der Waals surface area contributed by atoms with Crippen molar-refractivity contribution in [3.8, 4) is 16.9 Å². The van der Waals surface area contributed by atoms with Crippen LogP contribution in [0.2, 0.25) is 0 Å². The summed E-state index contributed by atoms with van der Waals surface area (Å²) in [4.78, 5) is 24.2. The first kappa shape index (κ1) is 25.5. The lowest BCUT2D eigenvalue weighted by molar-refractivity contribution is -0.123. The fourth-order valence-corrected chi connectivity index (χ4v) is 4.35. The lowest BCUT2D eigenvalue weighted by Crippen LogP contribution is -2.24. The molecular weight excluding hydrogens is 490 g/mol. The highest BCUT2D eigenvalue weighted by Crippen LogP contribution is 2.23. The van der Waals surface area contributed by atoms with Crippen molar-refractivity contribution in [3.05, 3.63) is 126 Å². The van der Waals surface area contributed by atoms with E-state index in [-0.39, 0.29) is 18.5 Å². The molecule has 0 aliphatic rings. The number of ether oxygens (including phenoxy) is 2. The lowest BCUT2D eigenvalue weighted by atomic mass is 10.1. The molecule has 0 unspecified atom stereocenters. The predicted molar refractivity (Wildman–Crippen MR) is 152 cm³/mol. The molecule has 0 saturated heterocycles. The van der Waals surface area contributed by atoms with Gasteiger partial charge in [-0.05, 0) is 47.0 Å². The molecule has 1 heterocycles. The predicted octanol–water partition coefficient (Wildman–Crippen LogP) is 5.67. The summed E-state index contributed by atoms with van der Waals surface area (Å²) in [5.74, 6) is -0.124. The Bertz CT molecular complexity index is 1620. The number of esters is 1. The van der Waals surface area contributed by atoms with Crippen molar-refractivity contribution in [2.45, 2.75) is 6.54 Å². The maximum absolute atomic E-state index is 12.3. The second-order valence-corrected chi connectivity index (χ2v) is 8.89. The van der Waals surface area contributed by atoms with Crippen LogP contribution in [0.25, 0.3) is 22.0 Å². The number of fused-ring (bicyclic) bond motifs is 1. The van der Waals surface area contributed by atoms with E-state index in [1.54, 1.807) is 12.3 Å². The zero-order chi connectivity index (χ0) is 27.0. The van der Waals surface area contributed by atoms with Gasteiger partial charge in [-0.3, -0.25) is 4.79 Å². The van der Waals surface area contributed by atoms with Gasteiger partial charge in [0.15, 0.2) is 6.61 Å². The van der Waals surface area contributed by atoms with Crippen LogP contribution < -0.4 is 10.2 Å². The van der Waals surface area contributed by atoms with Gasteiger partial charge in [0.25, 0.3) is 5.91 Å². The van der Waals surface area contributed by atoms with E-state index < -0.39 is 0 Å². The zero-order valence-electron chi connectivity index (χ0n) is 21.4. The number of hydrogen-bond donors (Lipinski definition) is 1. The van der Waals surface area contributed by atoms with E-state index in [0.29, 0.717) is 17.9 Å². The van der Waals surface area contributed by atoms with E-state index in [1.807, 2.05) is 103 Å². The molecule has 0 bridgehead atoms. The van der Waals surface area contributed by atoms with Crippen molar-refractivity contribution in [1.29, 1.82) is 0 Å². The lowest BCUT2D eigenvalue weighted by Gasteiger charge is -2.07. The monoisotopic (exact) mass is 517 g/mol. The Hall–Kier alpha value is -5.17. The summed E-state index contributed by atoms with van der Waals surface area (Å²) >= 11 is 0. The summed E-state index contributed by atoms with van der Waals surface area (Å²) in [6.07, 6.45) is 3.59. The minimum Gasteiger partial charge on any atom is -0.484 e. The van der Waals surface area contributed by atoms with Gasteiger partial charge in [-0.15, -0.1) is 0 Å². The molecule has 194 valence electrons. The fraction of sp³-hybridized carbons (Fsp3) is 0.0938. The van der Waals surface area contributed by atoms with Crippen LogP contribution in [-0.4, -0.2) is 36.4 Å². The van der Waals surface area contributed by atoms with Gasteiger partial charge in [-0.1, -0.05) is 72.8 Å². The van der Waals surface area contributed by atoms with Crippen molar-refractivity contribution in [2.24, 2.45) is 5.10 Å². The molecule has 0 saturated carbocycles. The Morgan fingerprint density at radius 1 is 0.872 bits per heavy atom. The quantitative estimate of drug-likeness (QED) is 0.155. The van der Waals surface area contributed by atoms with Gasteiger partial charge < -0.3 is 14.0 Å². The first-order valence-electron chi connectivity index (χ1n) is 12.5. The van der Waals surface area contributed by atoms with E-state index in [2.05, 4.69) is 15.1 Å². The fourth-order valence-electron chi connectivity index (χ4n) is 4.35. The first-order valence-corrected chi connectivity index (χ1v) is 12.5. The molecule has 0 radical (unpaired) electrons. The van der Waals surface area contributed by atoms with Gasteiger partial charge in [-0.2, -0.15) is 5.10 Å². The number of benzene rings is 4. The summed E-state index contributed by atoms with van der Waals surface area (Å²) in [6, 6.07) is 33.0. The third-order valence-corrected chi connectivity index (χ3v) is 6.24. The molecular formula is C32H27N3O4. The number of carbonyl (C=O) groups is 2. The van der Waals surface area contributed by atoms with Crippen molar-refractivity contribution in [1.82, 2.24) is 9.99 Å². The normalized spacial score (nSPS) is 11.0. The SMILES string of the molecule is COC(=O)c1cccc(Cn2cc(/C=N/NC(=O)COc3ccc(-c4ccccc4)cc3)c3ccccc32)c1.